The second-order valence-electron chi connectivity index (χ2n) is 5.14. The smallest absolute Gasteiger partial charge is 0.237 e. The van der Waals surface area contributed by atoms with Crippen LogP contribution in [0.25, 0.3) is 0 Å². The highest BCUT2D eigenvalue weighted by Gasteiger charge is 2.36. The molecule has 0 radical (unpaired) electrons. The van der Waals surface area contributed by atoms with Crippen molar-refractivity contribution in [2.75, 3.05) is 6.54 Å². The van der Waals surface area contributed by atoms with Crippen LogP contribution < -0.4 is 10.6 Å². The Labute approximate surface area is 86.6 Å². The first kappa shape index (κ1) is 11.5. The molecule has 1 aliphatic heterocycles. The first-order valence-corrected chi connectivity index (χ1v) is 5.47. The van der Waals surface area contributed by atoms with Crippen molar-refractivity contribution in [3.8, 4) is 0 Å². The van der Waals surface area contributed by atoms with Crippen LogP contribution in [0.15, 0.2) is 0 Å². The van der Waals surface area contributed by atoms with Crippen LogP contribution in [0.1, 0.15) is 40.5 Å². The fourth-order valence-electron chi connectivity index (χ4n) is 2.03. The van der Waals surface area contributed by atoms with Crippen molar-refractivity contribution in [1.29, 1.82) is 0 Å². The van der Waals surface area contributed by atoms with Gasteiger partial charge in [-0.15, -0.1) is 0 Å². The molecule has 1 heterocycles. The van der Waals surface area contributed by atoms with Gasteiger partial charge >= 0.3 is 0 Å². The van der Waals surface area contributed by atoms with E-state index in [0.29, 0.717) is 0 Å². The van der Waals surface area contributed by atoms with Crippen LogP contribution in [-0.4, -0.2) is 24.5 Å². The van der Waals surface area contributed by atoms with E-state index in [1.807, 2.05) is 13.8 Å². The van der Waals surface area contributed by atoms with Crippen molar-refractivity contribution in [3.05, 3.63) is 0 Å². The van der Waals surface area contributed by atoms with Gasteiger partial charge in [-0.1, -0.05) is 13.8 Å². The summed E-state index contributed by atoms with van der Waals surface area (Å²) in [5, 5.41) is 6.27. The number of piperidine rings is 1. The number of rotatable bonds is 2. The number of carbonyl (C=O) groups excluding carboxylic acids is 1. The molecule has 0 bridgehead atoms. The Morgan fingerprint density at radius 2 is 2.14 bits per heavy atom. The van der Waals surface area contributed by atoms with E-state index in [9.17, 15) is 4.79 Å². The van der Waals surface area contributed by atoms with Gasteiger partial charge in [-0.25, -0.2) is 0 Å². The summed E-state index contributed by atoms with van der Waals surface area (Å²) >= 11 is 0. The van der Waals surface area contributed by atoms with Gasteiger partial charge in [-0.05, 0) is 38.6 Å². The third kappa shape index (κ3) is 2.71. The van der Waals surface area contributed by atoms with E-state index in [0.717, 1.165) is 13.0 Å². The predicted octanol–water partition coefficient (Wildman–Crippen LogP) is 1.29. The Balaban J connectivity index is 2.60. The molecule has 0 aliphatic carbocycles. The summed E-state index contributed by atoms with van der Waals surface area (Å²) in [5.74, 6) is 0.143. The van der Waals surface area contributed by atoms with Gasteiger partial charge in [0.05, 0.1) is 6.04 Å². The minimum Gasteiger partial charge on any atom is -0.353 e. The van der Waals surface area contributed by atoms with Gasteiger partial charge in [0, 0.05) is 6.04 Å². The monoisotopic (exact) mass is 198 g/mol. The van der Waals surface area contributed by atoms with Crippen molar-refractivity contribution in [2.45, 2.75) is 52.6 Å². The lowest BCUT2D eigenvalue weighted by Gasteiger charge is -2.38. The molecule has 1 aliphatic rings. The minimum atomic E-state index is -0.0290. The van der Waals surface area contributed by atoms with Crippen LogP contribution in [0.3, 0.4) is 0 Å². The summed E-state index contributed by atoms with van der Waals surface area (Å²) in [5.41, 5.74) is 0.0806. The van der Waals surface area contributed by atoms with Crippen LogP contribution in [0.4, 0.5) is 0 Å². The van der Waals surface area contributed by atoms with Gasteiger partial charge < -0.3 is 10.6 Å². The molecule has 1 saturated heterocycles. The zero-order valence-electron chi connectivity index (χ0n) is 9.68. The molecule has 2 N–H and O–H groups in total. The lowest BCUT2D eigenvalue weighted by molar-refractivity contribution is -0.127. The molecule has 3 heteroatoms. The number of hydrogen-bond donors (Lipinski definition) is 2. The van der Waals surface area contributed by atoms with Crippen molar-refractivity contribution < 1.29 is 4.79 Å². The van der Waals surface area contributed by atoms with E-state index in [-0.39, 0.29) is 23.4 Å². The molecule has 1 unspecified atom stereocenters. The first-order valence-electron chi connectivity index (χ1n) is 5.47. The van der Waals surface area contributed by atoms with E-state index in [1.54, 1.807) is 0 Å². The second kappa shape index (κ2) is 4.30. The molecule has 1 atom stereocenters. The molecule has 14 heavy (non-hydrogen) atoms. The number of carbonyl (C=O) groups is 1. The predicted molar refractivity (Wildman–Crippen MR) is 58.1 cm³/mol. The molecule has 82 valence electrons. The summed E-state index contributed by atoms with van der Waals surface area (Å²) < 4.78 is 0. The third-order valence-corrected chi connectivity index (χ3v) is 2.82. The SMILES string of the molecule is CC(C)NC(=O)C1NCCCC1(C)C. The quantitative estimate of drug-likeness (QED) is 0.702. The van der Waals surface area contributed by atoms with Gasteiger partial charge in [0.15, 0.2) is 0 Å². The molecule has 1 rings (SSSR count). The van der Waals surface area contributed by atoms with Crippen molar-refractivity contribution in [2.24, 2.45) is 5.41 Å². The van der Waals surface area contributed by atoms with E-state index < -0.39 is 0 Å². The van der Waals surface area contributed by atoms with E-state index in [4.69, 9.17) is 0 Å². The molecule has 0 spiro atoms. The topological polar surface area (TPSA) is 41.1 Å². The van der Waals surface area contributed by atoms with Crippen LogP contribution in [0.5, 0.6) is 0 Å². The summed E-state index contributed by atoms with van der Waals surface area (Å²) in [6.07, 6.45) is 2.29. The van der Waals surface area contributed by atoms with Crippen molar-refractivity contribution in [3.63, 3.8) is 0 Å². The lowest BCUT2D eigenvalue weighted by atomic mass is 9.77. The Morgan fingerprint density at radius 1 is 1.50 bits per heavy atom. The molecular weight excluding hydrogens is 176 g/mol. The van der Waals surface area contributed by atoms with E-state index >= 15 is 0 Å². The Morgan fingerprint density at radius 3 is 2.64 bits per heavy atom. The molecular formula is C11H22N2O. The average molecular weight is 198 g/mol. The summed E-state index contributed by atoms with van der Waals surface area (Å²) in [6, 6.07) is 0.195. The molecule has 3 nitrogen and oxygen atoms in total. The number of hydrogen-bond acceptors (Lipinski definition) is 2. The van der Waals surface area contributed by atoms with Crippen molar-refractivity contribution in [1.82, 2.24) is 10.6 Å². The lowest BCUT2D eigenvalue weighted by Crippen LogP contribution is -2.56. The average Bonchev–Trinajstić information content (AvgIpc) is 2.01. The van der Waals surface area contributed by atoms with Crippen LogP contribution >= 0.6 is 0 Å². The molecule has 0 aromatic rings. The summed E-state index contributed by atoms with van der Waals surface area (Å²) in [6.45, 7) is 9.26. The third-order valence-electron chi connectivity index (χ3n) is 2.82. The Kier molecular flexibility index (Phi) is 3.53. The second-order valence-corrected chi connectivity index (χ2v) is 5.14. The number of nitrogens with one attached hydrogen (secondary N) is 2. The molecule has 0 saturated carbocycles. The van der Waals surface area contributed by atoms with Crippen molar-refractivity contribution >= 4 is 5.91 Å². The van der Waals surface area contributed by atoms with Gasteiger partial charge in [0.2, 0.25) is 5.91 Å². The zero-order valence-corrected chi connectivity index (χ0v) is 9.68. The van der Waals surface area contributed by atoms with Gasteiger partial charge in [0.1, 0.15) is 0 Å². The fourth-order valence-corrected chi connectivity index (χ4v) is 2.03. The molecule has 0 aromatic heterocycles. The van der Waals surface area contributed by atoms with E-state index in [2.05, 4.69) is 24.5 Å². The summed E-state index contributed by atoms with van der Waals surface area (Å²) in [7, 11) is 0. The van der Waals surface area contributed by atoms with Gasteiger partial charge in [-0.3, -0.25) is 4.79 Å². The standard InChI is InChI=1S/C11H22N2O/c1-8(2)13-10(14)9-11(3,4)6-5-7-12-9/h8-9,12H,5-7H2,1-4H3,(H,13,14). The normalized spacial score (nSPS) is 26.2. The molecule has 0 aromatic carbocycles. The minimum absolute atomic E-state index is 0.0290. The fraction of sp³-hybridized carbons (Fsp3) is 0.909. The number of amides is 1. The molecule has 1 fully saturated rings. The highest BCUT2D eigenvalue weighted by molar-refractivity contribution is 5.83. The largest absolute Gasteiger partial charge is 0.353 e. The summed E-state index contributed by atoms with van der Waals surface area (Å²) in [4.78, 5) is 11.9. The highest BCUT2D eigenvalue weighted by atomic mass is 16.2. The maximum absolute atomic E-state index is 11.9. The van der Waals surface area contributed by atoms with Gasteiger partial charge in [-0.2, -0.15) is 0 Å². The highest BCUT2D eigenvalue weighted by Crippen LogP contribution is 2.30. The van der Waals surface area contributed by atoms with E-state index in [1.165, 1.54) is 6.42 Å². The maximum atomic E-state index is 11.9. The maximum Gasteiger partial charge on any atom is 0.237 e. The zero-order chi connectivity index (χ0) is 10.8. The van der Waals surface area contributed by atoms with Crippen LogP contribution in [0, 0.1) is 5.41 Å². The van der Waals surface area contributed by atoms with Gasteiger partial charge in [0.25, 0.3) is 0 Å². The van der Waals surface area contributed by atoms with Crippen LogP contribution in [0.2, 0.25) is 0 Å². The molecule has 1 amide bonds. The Hall–Kier alpha value is -0.570. The first-order chi connectivity index (χ1) is 6.43. The Bertz CT molecular complexity index is 211. The van der Waals surface area contributed by atoms with Crippen LogP contribution in [-0.2, 0) is 4.79 Å².